The molecule has 0 aromatic heterocycles. The van der Waals surface area contributed by atoms with Gasteiger partial charge in [0.15, 0.2) is 0 Å². The molecule has 2 fully saturated rings. The van der Waals surface area contributed by atoms with Gasteiger partial charge in [0.1, 0.15) is 6.54 Å². The highest BCUT2D eigenvalue weighted by Crippen LogP contribution is 2.11. The van der Waals surface area contributed by atoms with Gasteiger partial charge in [0.05, 0.1) is 0 Å². The molecule has 2 rings (SSSR count). The maximum Gasteiger partial charge on any atom is 0.335 e. The highest BCUT2D eigenvalue weighted by Gasteiger charge is 2.44. The first-order chi connectivity index (χ1) is 10.0. The molecule has 2 heterocycles. The first kappa shape index (κ1) is 18.1. The summed E-state index contributed by atoms with van der Waals surface area (Å²) in [7, 11) is 0. The molecule has 1 atom stereocenters. The lowest BCUT2D eigenvalue weighted by Crippen LogP contribution is -2.49. The summed E-state index contributed by atoms with van der Waals surface area (Å²) in [6.07, 6.45) is 3.15. The third-order valence-electron chi connectivity index (χ3n) is 3.41. The highest BCUT2D eigenvalue weighted by molar-refractivity contribution is 6.45. The molecule has 0 radical (unpaired) electrons. The molecule has 0 aromatic carbocycles. The van der Waals surface area contributed by atoms with Gasteiger partial charge >= 0.3 is 17.8 Å². The van der Waals surface area contributed by atoms with E-state index in [2.05, 4.69) is 17.2 Å². The zero-order valence-electron chi connectivity index (χ0n) is 12.0. The average molecular weight is 331 g/mol. The summed E-state index contributed by atoms with van der Waals surface area (Å²) in [5.74, 6) is -2.34. The summed E-state index contributed by atoms with van der Waals surface area (Å²) in [5.41, 5.74) is 0. The number of hydrogen-bond donors (Lipinski definition) is 2. The average Bonchev–Trinajstić information content (AvgIpc) is 2.66. The quantitative estimate of drug-likeness (QED) is 0.393. The van der Waals surface area contributed by atoms with Crippen molar-refractivity contribution >= 4 is 36.2 Å². The molecule has 2 saturated heterocycles. The van der Waals surface area contributed by atoms with Crippen molar-refractivity contribution in [3.05, 3.63) is 12.7 Å². The monoisotopic (exact) mass is 330 g/mol. The Morgan fingerprint density at radius 1 is 1.32 bits per heavy atom. The minimum Gasteiger partial charge on any atom is -0.351 e. The smallest absolute Gasteiger partial charge is 0.335 e. The van der Waals surface area contributed by atoms with Crippen molar-refractivity contribution < 1.29 is 19.2 Å². The SMILES string of the molecule is C=CCN1C(=O)C(=O)N(CC(=O)NC2CCCNC2)C1=O.Cl. The van der Waals surface area contributed by atoms with Crippen LogP contribution in [0.25, 0.3) is 0 Å². The number of urea groups is 1. The van der Waals surface area contributed by atoms with E-state index in [0.717, 1.165) is 24.3 Å². The van der Waals surface area contributed by atoms with E-state index in [-0.39, 0.29) is 25.0 Å². The van der Waals surface area contributed by atoms with E-state index in [4.69, 9.17) is 0 Å². The van der Waals surface area contributed by atoms with Crippen LogP contribution in [0.15, 0.2) is 12.7 Å². The minimum atomic E-state index is -0.973. The first-order valence-electron chi connectivity index (χ1n) is 6.83. The van der Waals surface area contributed by atoms with Gasteiger partial charge in [-0.05, 0) is 19.4 Å². The third kappa shape index (κ3) is 3.83. The van der Waals surface area contributed by atoms with E-state index in [1.807, 2.05) is 0 Å². The zero-order chi connectivity index (χ0) is 15.4. The van der Waals surface area contributed by atoms with E-state index >= 15 is 0 Å². The Hall–Kier alpha value is -1.93. The van der Waals surface area contributed by atoms with Gasteiger partial charge < -0.3 is 10.6 Å². The Bertz CT molecular complexity index is 490. The van der Waals surface area contributed by atoms with Crippen LogP contribution in [0.1, 0.15) is 12.8 Å². The predicted octanol–water partition coefficient (Wildman–Crippen LogP) is -0.747. The molecule has 5 amide bonds. The fourth-order valence-corrected chi connectivity index (χ4v) is 2.37. The van der Waals surface area contributed by atoms with Gasteiger partial charge in [0, 0.05) is 19.1 Å². The molecule has 0 aromatic rings. The summed E-state index contributed by atoms with van der Waals surface area (Å²) in [5, 5.41) is 5.90. The number of piperidine rings is 1. The number of nitrogens with zero attached hydrogens (tertiary/aromatic N) is 2. The number of halogens is 1. The molecule has 2 aliphatic rings. The van der Waals surface area contributed by atoms with Gasteiger partial charge in [0.2, 0.25) is 5.91 Å². The van der Waals surface area contributed by atoms with Gasteiger partial charge in [-0.2, -0.15) is 0 Å². The number of imide groups is 2. The van der Waals surface area contributed by atoms with Crippen LogP contribution in [0.4, 0.5) is 4.79 Å². The van der Waals surface area contributed by atoms with E-state index in [1.165, 1.54) is 6.08 Å². The van der Waals surface area contributed by atoms with Crippen LogP contribution >= 0.6 is 12.4 Å². The van der Waals surface area contributed by atoms with E-state index in [0.29, 0.717) is 11.4 Å². The van der Waals surface area contributed by atoms with Gasteiger partial charge in [0.25, 0.3) is 0 Å². The molecule has 2 aliphatic heterocycles. The second-order valence-electron chi connectivity index (χ2n) is 4.99. The molecule has 9 heteroatoms. The highest BCUT2D eigenvalue weighted by atomic mass is 35.5. The topological polar surface area (TPSA) is 98.8 Å². The summed E-state index contributed by atoms with van der Waals surface area (Å²) in [4.78, 5) is 48.6. The molecule has 0 saturated carbocycles. The maximum atomic E-state index is 11.9. The van der Waals surface area contributed by atoms with Crippen LogP contribution in [-0.2, 0) is 14.4 Å². The summed E-state index contributed by atoms with van der Waals surface area (Å²) in [6.45, 7) is 4.51. The second kappa shape index (κ2) is 7.90. The van der Waals surface area contributed by atoms with Crippen LogP contribution in [0.3, 0.4) is 0 Å². The predicted molar refractivity (Wildman–Crippen MR) is 80.3 cm³/mol. The first-order valence-corrected chi connectivity index (χ1v) is 6.83. The number of amides is 5. The van der Waals surface area contributed by atoms with Crippen molar-refractivity contribution in [2.75, 3.05) is 26.2 Å². The number of carbonyl (C=O) groups excluding carboxylic acids is 4. The Kier molecular flexibility index (Phi) is 6.51. The van der Waals surface area contributed by atoms with Crippen molar-refractivity contribution in [3.63, 3.8) is 0 Å². The van der Waals surface area contributed by atoms with Crippen LogP contribution in [-0.4, -0.2) is 65.8 Å². The fourth-order valence-electron chi connectivity index (χ4n) is 2.37. The molecule has 122 valence electrons. The van der Waals surface area contributed by atoms with E-state index in [1.54, 1.807) is 0 Å². The second-order valence-corrected chi connectivity index (χ2v) is 4.99. The zero-order valence-corrected chi connectivity index (χ0v) is 12.9. The molecule has 0 aliphatic carbocycles. The van der Waals surface area contributed by atoms with Crippen molar-refractivity contribution in [1.82, 2.24) is 20.4 Å². The number of hydrogen-bond acceptors (Lipinski definition) is 5. The van der Waals surface area contributed by atoms with Gasteiger partial charge in [-0.25, -0.2) is 9.69 Å². The fraction of sp³-hybridized carbons (Fsp3) is 0.538. The lowest BCUT2D eigenvalue weighted by atomic mass is 10.1. The standard InChI is InChI=1S/C13H18N4O4.ClH/c1-2-6-16-11(19)12(20)17(13(16)21)8-10(18)15-9-4-3-5-14-7-9;/h2,9,14H,1,3-8H2,(H,15,18);1H. The molecule has 8 nitrogen and oxygen atoms in total. The molecule has 22 heavy (non-hydrogen) atoms. The van der Waals surface area contributed by atoms with Crippen molar-refractivity contribution in [3.8, 4) is 0 Å². The number of carbonyl (C=O) groups is 4. The third-order valence-corrected chi connectivity index (χ3v) is 3.41. The lowest BCUT2D eigenvalue weighted by molar-refractivity contribution is -0.143. The van der Waals surface area contributed by atoms with Gasteiger partial charge in [-0.15, -0.1) is 19.0 Å². The Balaban J connectivity index is 0.00000242. The van der Waals surface area contributed by atoms with Crippen LogP contribution in [0, 0.1) is 0 Å². The number of nitrogens with one attached hydrogen (secondary N) is 2. The van der Waals surface area contributed by atoms with E-state index < -0.39 is 30.3 Å². The molecule has 0 spiro atoms. The van der Waals surface area contributed by atoms with Gasteiger partial charge in [-0.3, -0.25) is 19.3 Å². The molecular formula is C13H19ClN4O4. The van der Waals surface area contributed by atoms with Crippen LogP contribution in [0.2, 0.25) is 0 Å². The molecular weight excluding hydrogens is 312 g/mol. The Morgan fingerprint density at radius 3 is 2.59 bits per heavy atom. The maximum absolute atomic E-state index is 11.9. The molecule has 2 N–H and O–H groups in total. The Morgan fingerprint density at radius 2 is 2.00 bits per heavy atom. The molecule has 0 bridgehead atoms. The molecule has 1 unspecified atom stereocenters. The van der Waals surface area contributed by atoms with Crippen LogP contribution < -0.4 is 10.6 Å². The van der Waals surface area contributed by atoms with Crippen molar-refractivity contribution in [2.24, 2.45) is 0 Å². The summed E-state index contributed by atoms with van der Waals surface area (Å²) in [6, 6.07) is -0.791. The Labute approximate surface area is 134 Å². The van der Waals surface area contributed by atoms with Crippen molar-refractivity contribution in [2.45, 2.75) is 18.9 Å². The van der Waals surface area contributed by atoms with Gasteiger partial charge in [-0.1, -0.05) is 6.08 Å². The normalized spacial score (nSPS) is 21.6. The van der Waals surface area contributed by atoms with E-state index in [9.17, 15) is 19.2 Å². The summed E-state index contributed by atoms with van der Waals surface area (Å²) < 4.78 is 0. The largest absolute Gasteiger partial charge is 0.351 e. The summed E-state index contributed by atoms with van der Waals surface area (Å²) >= 11 is 0. The number of rotatable bonds is 5. The lowest BCUT2D eigenvalue weighted by Gasteiger charge is -2.24. The van der Waals surface area contributed by atoms with Crippen molar-refractivity contribution in [1.29, 1.82) is 0 Å². The van der Waals surface area contributed by atoms with Crippen LogP contribution in [0.5, 0.6) is 0 Å². The minimum absolute atomic E-state index is 0.